The lowest BCUT2D eigenvalue weighted by atomic mass is 10.2. The van der Waals surface area contributed by atoms with E-state index in [4.69, 9.17) is 11.6 Å². The molecule has 0 saturated carbocycles. The normalized spacial score (nSPS) is 10.7. The second-order valence-corrected chi connectivity index (χ2v) is 7.20. The minimum Gasteiger partial charge on any atom is -0.325 e. The van der Waals surface area contributed by atoms with Crippen molar-refractivity contribution in [2.24, 2.45) is 0 Å². The highest BCUT2D eigenvalue weighted by molar-refractivity contribution is 7.99. The van der Waals surface area contributed by atoms with Gasteiger partial charge in [0.2, 0.25) is 11.7 Å². The lowest BCUT2D eigenvalue weighted by Gasteiger charge is -2.08. The van der Waals surface area contributed by atoms with Crippen molar-refractivity contribution in [3.05, 3.63) is 63.4 Å². The van der Waals surface area contributed by atoms with Crippen molar-refractivity contribution < 1.29 is 14.1 Å². The highest BCUT2D eigenvalue weighted by Crippen LogP contribution is 2.26. The SMILES string of the molecule is CCn1c(SCC(=O)Nc2ccc(F)c([N+](=O)[O-])c2)nnc1-c1ccc(Cl)cc1. The van der Waals surface area contributed by atoms with E-state index in [1.165, 1.54) is 17.8 Å². The molecule has 2 aromatic carbocycles. The van der Waals surface area contributed by atoms with Crippen LogP contribution in [0.4, 0.5) is 15.8 Å². The minimum absolute atomic E-state index is 0.00389. The van der Waals surface area contributed by atoms with E-state index in [1.54, 1.807) is 12.1 Å². The van der Waals surface area contributed by atoms with Gasteiger partial charge >= 0.3 is 5.69 Å². The van der Waals surface area contributed by atoms with Crippen LogP contribution in [0, 0.1) is 15.9 Å². The molecule has 1 amide bonds. The number of halogens is 2. The summed E-state index contributed by atoms with van der Waals surface area (Å²) >= 11 is 7.09. The molecule has 0 aliphatic carbocycles. The van der Waals surface area contributed by atoms with Crippen LogP contribution < -0.4 is 5.32 Å². The summed E-state index contributed by atoms with van der Waals surface area (Å²) in [6.07, 6.45) is 0. The Kier molecular flexibility index (Phi) is 6.45. The van der Waals surface area contributed by atoms with Crippen LogP contribution in [0.2, 0.25) is 5.02 Å². The second-order valence-electron chi connectivity index (χ2n) is 5.82. The molecule has 0 spiro atoms. The number of anilines is 1. The quantitative estimate of drug-likeness (QED) is 0.335. The molecule has 0 unspecified atom stereocenters. The molecule has 150 valence electrons. The number of hydrogen-bond donors (Lipinski definition) is 1. The molecule has 11 heteroatoms. The molecule has 0 bridgehead atoms. The van der Waals surface area contributed by atoms with Gasteiger partial charge in [-0.1, -0.05) is 23.4 Å². The summed E-state index contributed by atoms with van der Waals surface area (Å²) in [4.78, 5) is 22.2. The molecule has 0 aliphatic heterocycles. The number of amides is 1. The number of benzene rings is 2. The summed E-state index contributed by atoms with van der Waals surface area (Å²) in [7, 11) is 0. The van der Waals surface area contributed by atoms with Crippen LogP contribution >= 0.6 is 23.4 Å². The monoisotopic (exact) mass is 435 g/mol. The third-order valence-electron chi connectivity index (χ3n) is 3.89. The van der Waals surface area contributed by atoms with Gasteiger partial charge in [-0.05, 0) is 43.3 Å². The predicted octanol–water partition coefficient (Wildman–Crippen LogP) is 4.40. The van der Waals surface area contributed by atoms with Gasteiger partial charge in [-0.3, -0.25) is 14.9 Å². The van der Waals surface area contributed by atoms with Crippen molar-refractivity contribution in [1.82, 2.24) is 14.8 Å². The molecule has 0 fully saturated rings. The fourth-order valence-corrected chi connectivity index (χ4v) is 3.48. The zero-order valence-corrected chi connectivity index (χ0v) is 16.7. The standard InChI is InChI=1S/C18H15ClFN5O3S/c1-2-24-17(11-3-5-12(19)6-4-11)22-23-18(24)29-10-16(26)21-13-7-8-14(20)15(9-13)25(27)28/h3-9H,2,10H2,1H3,(H,21,26). The Balaban J connectivity index is 1.68. The van der Waals surface area contributed by atoms with Crippen LogP contribution in [0.3, 0.4) is 0 Å². The topological polar surface area (TPSA) is 103 Å². The van der Waals surface area contributed by atoms with Gasteiger partial charge < -0.3 is 9.88 Å². The first kappa shape index (κ1) is 20.7. The Morgan fingerprint density at radius 3 is 2.66 bits per heavy atom. The van der Waals surface area contributed by atoms with E-state index in [2.05, 4.69) is 15.5 Å². The smallest absolute Gasteiger partial charge is 0.306 e. The van der Waals surface area contributed by atoms with Crippen molar-refractivity contribution >= 4 is 40.6 Å². The molecule has 8 nitrogen and oxygen atoms in total. The van der Waals surface area contributed by atoms with Crippen LogP contribution in [0.25, 0.3) is 11.4 Å². The molecule has 0 radical (unpaired) electrons. The first-order valence-electron chi connectivity index (χ1n) is 8.44. The van der Waals surface area contributed by atoms with Gasteiger partial charge in [0.05, 0.1) is 10.7 Å². The fraction of sp³-hybridized carbons (Fsp3) is 0.167. The van der Waals surface area contributed by atoms with Crippen molar-refractivity contribution in [3.8, 4) is 11.4 Å². The van der Waals surface area contributed by atoms with Crippen molar-refractivity contribution in [2.45, 2.75) is 18.6 Å². The molecule has 0 atom stereocenters. The Morgan fingerprint density at radius 2 is 2.00 bits per heavy atom. The van der Waals surface area contributed by atoms with E-state index in [0.29, 0.717) is 22.5 Å². The molecule has 29 heavy (non-hydrogen) atoms. The van der Waals surface area contributed by atoms with E-state index in [-0.39, 0.29) is 11.4 Å². The van der Waals surface area contributed by atoms with Gasteiger partial charge in [-0.15, -0.1) is 10.2 Å². The first-order chi connectivity index (χ1) is 13.9. The molecular weight excluding hydrogens is 421 g/mol. The van der Waals surface area contributed by atoms with E-state index >= 15 is 0 Å². The Morgan fingerprint density at radius 1 is 1.28 bits per heavy atom. The number of nitro benzene ring substituents is 1. The number of carbonyl (C=O) groups is 1. The number of carbonyl (C=O) groups excluding carboxylic acids is 1. The number of nitrogens with one attached hydrogen (secondary N) is 1. The summed E-state index contributed by atoms with van der Waals surface area (Å²) in [5, 5.41) is 22.8. The zero-order valence-electron chi connectivity index (χ0n) is 15.1. The summed E-state index contributed by atoms with van der Waals surface area (Å²) in [5.74, 6) is -0.715. The maximum absolute atomic E-state index is 13.4. The molecule has 1 heterocycles. The van der Waals surface area contributed by atoms with Crippen LogP contribution in [0.15, 0.2) is 47.6 Å². The zero-order chi connectivity index (χ0) is 21.0. The third kappa shape index (κ3) is 4.90. The van der Waals surface area contributed by atoms with Gasteiger partial charge in [0.15, 0.2) is 11.0 Å². The third-order valence-corrected chi connectivity index (χ3v) is 5.11. The van der Waals surface area contributed by atoms with E-state index < -0.39 is 22.3 Å². The van der Waals surface area contributed by atoms with Crippen molar-refractivity contribution in [2.75, 3.05) is 11.1 Å². The van der Waals surface area contributed by atoms with Gasteiger partial charge in [-0.2, -0.15) is 4.39 Å². The molecule has 1 aromatic heterocycles. The number of thioether (sulfide) groups is 1. The summed E-state index contributed by atoms with van der Waals surface area (Å²) < 4.78 is 15.3. The Hall–Kier alpha value is -2.98. The Labute approximate surface area is 174 Å². The number of nitro groups is 1. The van der Waals surface area contributed by atoms with Gasteiger partial charge in [-0.25, -0.2) is 0 Å². The predicted molar refractivity (Wildman–Crippen MR) is 109 cm³/mol. The van der Waals surface area contributed by atoms with Gasteiger partial charge in [0.25, 0.3) is 0 Å². The molecule has 0 saturated heterocycles. The summed E-state index contributed by atoms with van der Waals surface area (Å²) in [6, 6.07) is 10.4. The molecule has 0 aliphatic rings. The molecule has 1 N–H and O–H groups in total. The summed E-state index contributed by atoms with van der Waals surface area (Å²) in [6.45, 7) is 2.53. The van der Waals surface area contributed by atoms with E-state index in [1.807, 2.05) is 23.6 Å². The fourth-order valence-electron chi connectivity index (χ4n) is 2.55. The lowest BCUT2D eigenvalue weighted by Crippen LogP contribution is -2.15. The van der Waals surface area contributed by atoms with Crippen LogP contribution in [0.5, 0.6) is 0 Å². The largest absolute Gasteiger partial charge is 0.325 e. The average Bonchev–Trinajstić information content (AvgIpc) is 3.11. The maximum atomic E-state index is 13.4. The first-order valence-corrected chi connectivity index (χ1v) is 9.81. The number of rotatable bonds is 7. The van der Waals surface area contributed by atoms with E-state index in [0.717, 1.165) is 17.7 Å². The Bertz CT molecular complexity index is 1060. The highest BCUT2D eigenvalue weighted by Gasteiger charge is 2.17. The minimum atomic E-state index is -0.965. The molecule has 3 aromatic rings. The van der Waals surface area contributed by atoms with Crippen molar-refractivity contribution in [3.63, 3.8) is 0 Å². The van der Waals surface area contributed by atoms with Crippen LogP contribution in [-0.2, 0) is 11.3 Å². The van der Waals surface area contributed by atoms with Crippen LogP contribution in [0.1, 0.15) is 6.92 Å². The number of aromatic nitrogens is 3. The maximum Gasteiger partial charge on any atom is 0.306 e. The summed E-state index contributed by atoms with van der Waals surface area (Å²) in [5.41, 5.74) is 0.287. The lowest BCUT2D eigenvalue weighted by molar-refractivity contribution is -0.387. The number of nitrogens with zero attached hydrogens (tertiary/aromatic N) is 4. The average molecular weight is 436 g/mol. The van der Waals surface area contributed by atoms with Gasteiger partial charge in [0, 0.05) is 28.9 Å². The molecule has 3 rings (SSSR count). The highest BCUT2D eigenvalue weighted by atomic mass is 35.5. The molecular formula is C18H15ClFN5O3S. The van der Waals surface area contributed by atoms with Crippen molar-refractivity contribution in [1.29, 1.82) is 0 Å². The second kappa shape index (κ2) is 9.01. The van der Waals surface area contributed by atoms with E-state index in [9.17, 15) is 19.3 Å². The number of hydrogen-bond acceptors (Lipinski definition) is 6. The van der Waals surface area contributed by atoms with Gasteiger partial charge in [0.1, 0.15) is 0 Å². The van der Waals surface area contributed by atoms with Crippen LogP contribution in [-0.4, -0.2) is 31.3 Å².